The molecule has 9 heteroatoms. The number of aromatic nitrogens is 2. The van der Waals surface area contributed by atoms with Gasteiger partial charge in [0.25, 0.3) is 0 Å². The first-order valence-electron chi connectivity index (χ1n) is 10.3. The number of aromatic amines is 1. The summed E-state index contributed by atoms with van der Waals surface area (Å²) in [5, 5.41) is 3.24. The summed E-state index contributed by atoms with van der Waals surface area (Å²) >= 11 is 0. The first kappa shape index (κ1) is 24.8. The Morgan fingerprint density at radius 3 is 2.59 bits per heavy atom. The SMILES string of the molecule is C=NC(=NC(=O)CCOCCCCCOC)c1[nH]c(=O)n(CC)c1NCCCC. The summed E-state index contributed by atoms with van der Waals surface area (Å²) in [5.41, 5.74) is 0.109. The summed E-state index contributed by atoms with van der Waals surface area (Å²) in [5.74, 6) is 0.325. The van der Waals surface area contributed by atoms with Gasteiger partial charge in [-0.05, 0) is 39.3 Å². The minimum absolute atomic E-state index is 0.109. The molecule has 1 heterocycles. The van der Waals surface area contributed by atoms with Gasteiger partial charge >= 0.3 is 5.69 Å². The molecule has 1 aromatic rings. The van der Waals surface area contributed by atoms with Crippen molar-refractivity contribution >= 4 is 24.3 Å². The Morgan fingerprint density at radius 2 is 1.93 bits per heavy atom. The van der Waals surface area contributed by atoms with Gasteiger partial charge in [-0.2, -0.15) is 4.99 Å². The number of hydrogen-bond donors (Lipinski definition) is 2. The van der Waals surface area contributed by atoms with Crippen LogP contribution in [0.4, 0.5) is 5.82 Å². The van der Waals surface area contributed by atoms with Crippen LogP contribution in [0.3, 0.4) is 0 Å². The molecule has 0 aliphatic rings. The van der Waals surface area contributed by atoms with Gasteiger partial charge in [0.2, 0.25) is 5.91 Å². The second kappa shape index (κ2) is 14.7. The normalized spacial score (nSPS) is 11.6. The molecular formula is C20H35N5O4. The average Bonchev–Trinajstić information content (AvgIpc) is 3.03. The van der Waals surface area contributed by atoms with E-state index in [1.54, 1.807) is 11.7 Å². The Kier molecular flexibility index (Phi) is 12.6. The molecule has 0 fully saturated rings. The smallest absolute Gasteiger partial charge is 0.327 e. The quantitative estimate of drug-likeness (QED) is 0.263. The van der Waals surface area contributed by atoms with E-state index in [0.717, 1.165) is 38.7 Å². The Morgan fingerprint density at radius 1 is 1.17 bits per heavy atom. The lowest BCUT2D eigenvalue weighted by Crippen LogP contribution is -2.18. The van der Waals surface area contributed by atoms with Gasteiger partial charge in [0.05, 0.1) is 13.0 Å². The number of H-pyrrole nitrogens is 1. The van der Waals surface area contributed by atoms with E-state index in [4.69, 9.17) is 9.47 Å². The number of unbranched alkanes of at least 4 members (excludes halogenated alkanes) is 3. The molecule has 0 spiro atoms. The van der Waals surface area contributed by atoms with Crippen LogP contribution < -0.4 is 11.0 Å². The number of methoxy groups -OCH3 is 1. The number of carbonyl (C=O) groups excluding carboxylic acids is 1. The van der Waals surface area contributed by atoms with Gasteiger partial charge < -0.3 is 19.8 Å². The lowest BCUT2D eigenvalue weighted by molar-refractivity contribution is -0.118. The van der Waals surface area contributed by atoms with E-state index in [-0.39, 0.29) is 23.9 Å². The van der Waals surface area contributed by atoms with Gasteiger partial charge in [-0.15, -0.1) is 0 Å². The van der Waals surface area contributed by atoms with Crippen molar-refractivity contribution in [1.29, 1.82) is 0 Å². The molecule has 0 radical (unpaired) electrons. The van der Waals surface area contributed by atoms with Crippen molar-refractivity contribution in [2.24, 2.45) is 9.98 Å². The largest absolute Gasteiger partial charge is 0.385 e. The Bertz CT molecular complexity index is 708. The number of hydrogen-bond acceptors (Lipinski definition) is 5. The zero-order valence-electron chi connectivity index (χ0n) is 18.0. The van der Waals surface area contributed by atoms with E-state index in [1.807, 2.05) is 6.92 Å². The fraction of sp³-hybridized carbons (Fsp3) is 0.700. The number of rotatable bonds is 15. The highest BCUT2D eigenvalue weighted by Gasteiger charge is 2.18. The molecular weight excluding hydrogens is 374 g/mol. The van der Waals surface area contributed by atoms with Crippen molar-refractivity contribution in [2.75, 3.05) is 38.8 Å². The topological polar surface area (TPSA) is 110 Å². The molecule has 2 N–H and O–H groups in total. The second-order valence-corrected chi connectivity index (χ2v) is 6.58. The molecule has 0 saturated heterocycles. The number of amides is 1. The van der Waals surface area contributed by atoms with Crippen LogP contribution in [0.25, 0.3) is 0 Å². The summed E-state index contributed by atoms with van der Waals surface area (Å²) in [6.07, 6.45) is 5.09. The highest BCUT2D eigenvalue weighted by atomic mass is 16.5. The fourth-order valence-corrected chi connectivity index (χ4v) is 2.73. The van der Waals surface area contributed by atoms with Gasteiger partial charge in [0, 0.05) is 33.4 Å². The molecule has 0 aromatic carbocycles. The lowest BCUT2D eigenvalue weighted by atomic mass is 10.2. The number of amidine groups is 1. The molecule has 1 aromatic heterocycles. The molecule has 1 amide bonds. The molecule has 9 nitrogen and oxygen atoms in total. The molecule has 0 unspecified atom stereocenters. The molecule has 0 saturated carbocycles. The zero-order valence-corrected chi connectivity index (χ0v) is 18.0. The standard InChI is InChI=1S/C20H35N5O4/c1-5-7-12-22-19-17(24-20(27)25(19)6-2)18(21-3)23-16(26)11-15-29-14-10-8-9-13-28-4/h22H,3,5-15H2,1-2,4H3,(H,24,27). The number of ether oxygens (including phenoxy) is 2. The van der Waals surface area contributed by atoms with E-state index in [9.17, 15) is 9.59 Å². The van der Waals surface area contributed by atoms with E-state index in [0.29, 0.717) is 37.8 Å². The molecule has 0 bridgehead atoms. The molecule has 1 rings (SSSR count). The van der Waals surface area contributed by atoms with Crippen molar-refractivity contribution in [3.8, 4) is 0 Å². The summed E-state index contributed by atoms with van der Waals surface area (Å²) in [7, 11) is 1.69. The monoisotopic (exact) mass is 409 g/mol. The highest BCUT2D eigenvalue weighted by molar-refractivity contribution is 6.08. The van der Waals surface area contributed by atoms with Crippen LogP contribution in [0, 0.1) is 0 Å². The number of aliphatic imine (C=N–C) groups is 2. The van der Waals surface area contributed by atoms with Crippen molar-refractivity contribution in [3.63, 3.8) is 0 Å². The minimum atomic E-state index is -0.364. The zero-order chi connectivity index (χ0) is 21.5. The number of anilines is 1. The third-order valence-corrected chi connectivity index (χ3v) is 4.32. The maximum absolute atomic E-state index is 12.2. The fourth-order valence-electron chi connectivity index (χ4n) is 2.73. The van der Waals surface area contributed by atoms with Gasteiger partial charge in [-0.3, -0.25) is 9.36 Å². The van der Waals surface area contributed by atoms with Crippen LogP contribution in [-0.4, -0.2) is 61.5 Å². The van der Waals surface area contributed by atoms with Gasteiger partial charge in [-0.25, -0.2) is 9.79 Å². The summed E-state index contributed by atoms with van der Waals surface area (Å²) < 4.78 is 12.0. The second-order valence-electron chi connectivity index (χ2n) is 6.58. The van der Waals surface area contributed by atoms with Gasteiger partial charge in [0.1, 0.15) is 11.5 Å². The van der Waals surface area contributed by atoms with E-state index < -0.39 is 0 Å². The third kappa shape index (κ3) is 8.74. The van der Waals surface area contributed by atoms with Crippen LogP contribution in [-0.2, 0) is 20.8 Å². The molecule has 164 valence electrons. The van der Waals surface area contributed by atoms with E-state index in [1.165, 1.54) is 0 Å². The highest BCUT2D eigenvalue weighted by Crippen LogP contribution is 2.14. The first-order valence-corrected chi connectivity index (χ1v) is 10.3. The summed E-state index contributed by atoms with van der Waals surface area (Å²) in [6.45, 7) is 10.3. The maximum Gasteiger partial charge on any atom is 0.327 e. The van der Waals surface area contributed by atoms with Crippen LogP contribution >= 0.6 is 0 Å². The molecule has 0 atom stereocenters. The average molecular weight is 410 g/mol. The third-order valence-electron chi connectivity index (χ3n) is 4.32. The molecule has 0 aliphatic heterocycles. The van der Waals surface area contributed by atoms with E-state index >= 15 is 0 Å². The number of imidazole rings is 1. The van der Waals surface area contributed by atoms with Gasteiger partial charge in [-0.1, -0.05) is 13.3 Å². The van der Waals surface area contributed by atoms with Crippen molar-refractivity contribution in [2.45, 2.75) is 58.9 Å². The predicted octanol–water partition coefficient (Wildman–Crippen LogP) is 2.61. The van der Waals surface area contributed by atoms with Crippen LogP contribution in [0.5, 0.6) is 0 Å². The number of nitrogens with zero attached hydrogens (tertiary/aromatic N) is 3. The van der Waals surface area contributed by atoms with Crippen LogP contribution in [0.2, 0.25) is 0 Å². The van der Waals surface area contributed by atoms with Gasteiger partial charge in [0.15, 0.2) is 5.84 Å². The minimum Gasteiger partial charge on any atom is -0.385 e. The van der Waals surface area contributed by atoms with Crippen molar-refractivity contribution in [3.05, 3.63) is 16.2 Å². The van der Waals surface area contributed by atoms with Crippen molar-refractivity contribution < 1.29 is 14.3 Å². The predicted molar refractivity (Wildman–Crippen MR) is 116 cm³/mol. The number of carbonyl (C=O) groups is 1. The molecule has 29 heavy (non-hydrogen) atoms. The molecule has 0 aliphatic carbocycles. The first-order chi connectivity index (χ1) is 14.1. The lowest BCUT2D eigenvalue weighted by Gasteiger charge is -2.10. The number of nitrogens with one attached hydrogen (secondary N) is 2. The Hall–Kier alpha value is -2.26. The maximum atomic E-state index is 12.2. The Balaban J connectivity index is 2.68. The summed E-state index contributed by atoms with van der Waals surface area (Å²) in [6, 6.07) is 0. The summed E-state index contributed by atoms with van der Waals surface area (Å²) in [4.78, 5) is 35.0. The van der Waals surface area contributed by atoms with Crippen LogP contribution in [0.1, 0.15) is 58.1 Å². The Labute approximate surface area is 172 Å². The van der Waals surface area contributed by atoms with Crippen molar-refractivity contribution in [1.82, 2.24) is 9.55 Å². The van der Waals surface area contributed by atoms with E-state index in [2.05, 4.69) is 33.9 Å². The van der Waals surface area contributed by atoms with Crippen LogP contribution in [0.15, 0.2) is 14.8 Å².